The molecule has 0 radical (unpaired) electrons. The molecule has 0 fully saturated rings. The summed E-state index contributed by atoms with van der Waals surface area (Å²) in [6, 6.07) is 48.9. The van der Waals surface area contributed by atoms with E-state index in [4.69, 9.17) is 0 Å². The SMILES string of the molecule is CCc1cc2c(-c3ccc4ccccc4c3)ccc(C)c2[cH-]1.C[Si](C)=[Zr+2].Cc1cc2c(-c3ccc4ccccc4c3)ccc(C)c2[cH-]1.[Cl-].[Cl-]. The maximum atomic E-state index is 2.35. The van der Waals surface area contributed by atoms with Crippen LogP contribution in [-0.2, 0) is 29.8 Å². The predicted octanol–water partition coefficient (Wildman–Crippen LogP) is 7.04. The van der Waals surface area contributed by atoms with Crippen LogP contribution in [0, 0.1) is 20.8 Å². The van der Waals surface area contributed by atoms with Crippen LogP contribution >= 0.6 is 0 Å². The molecule has 0 spiro atoms. The van der Waals surface area contributed by atoms with Gasteiger partial charge in [-0.3, -0.25) is 0 Å². The fourth-order valence-corrected chi connectivity index (χ4v) is 6.52. The van der Waals surface area contributed by atoms with Crippen LogP contribution in [0.2, 0.25) is 13.1 Å². The molecule has 0 atom stereocenters. The Balaban J connectivity index is 0.000000192. The molecule has 8 aromatic rings. The van der Waals surface area contributed by atoms with E-state index in [2.05, 4.69) is 174 Å². The van der Waals surface area contributed by atoms with Crippen LogP contribution in [0.15, 0.2) is 133 Å². The summed E-state index contributed by atoms with van der Waals surface area (Å²) in [5.41, 5.74) is 10.9. The Hall–Kier alpha value is -3.26. The Morgan fingerprint density at radius 1 is 0.531 bits per heavy atom. The van der Waals surface area contributed by atoms with Gasteiger partial charge < -0.3 is 24.8 Å². The third kappa shape index (κ3) is 8.73. The third-order valence-electron chi connectivity index (χ3n) is 8.94. The van der Waals surface area contributed by atoms with Gasteiger partial charge in [0, 0.05) is 0 Å². The summed E-state index contributed by atoms with van der Waals surface area (Å²) < 4.78 is 0. The van der Waals surface area contributed by atoms with Gasteiger partial charge in [0.25, 0.3) is 0 Å². The van der Waals surface area contributed by atoms with Gasteiger partial charge in [-0.15, -0.1) is 68.1 Å². The molecule has 0 aliphatic heterocycles. The van der Waals surface area contributed by atoms with Gasteiger partial charge in [-0.25, -0.2) is 0 Å². The second-order valence-corrected chi connectivity index (χ2v) is 22.3. The van der Waals surface area contributed by atoms with Crippen LogP contribution in [0.4, 0.5) is 0 Å². The van der Waals surface area contributed by atoms with Crippen LogP contribution in [-0.4, -0.2) is 5.43 Å². The zero-order chi connectivity index (χ0) is 33.1. The van der Waals surface area contributed by atoms with Crippen LogP contribution in [0.1, 0.15) is 29.2 Å². The Morgan fingerprint density at radius 3 is 1.43 bits per heavy atom. The molecule has 0 saturated carbocycles. The molecular weight excluding hydrogens is 731 g/mol. The van der Waals surface area contributed by atoms with E-state index in [9.17, 15) is 0 Å². The Bertz CT molecular complexity index is 2370. The molecule has 246 valence electrons. The normalized spacial score (nSPS) is 10.5. The van der Waals surface area contributed by atoms with Crippen LogP contribution in [0.5, 0.6) is 0 Å². The van der Waals surface area contributed by atoms with E-state index in [0.717, 1.165) is 6.42 Å². The van der Waals surface area contributed by atoms with Crippen molar-refractivity contribution in [3.63, 3.8) is 0 Å². The molecule has 49 heavy (non-hydrogen) atoms. The summed E-state index contributed by atoms with van der Waals surface area (Å²) in [4.78, 5) is 0. The molecule has 0 N–H and O–H groups in total. The largest absolute Gasteiger partial charge is 1.00 e. The molecule has 4 heteroatoms. The fraction of sp³-hybridized carbons (Fsp3) is 0.156. The number of halogens is 2. The summed E-state index contributed by atoms with van der Waals surface area (Å²) in [6.07, 6.45) is 1.09. The molecule has 0 bridgehead atoms. The van der Waals surface area contributed by atoms with Gasteiger partial charge in [-0.2, -0.15) is 12.1 Å². The van der Waals surface area contributed by atoms with Crippen molar-refractivity contribution in [2.75, 3.05) is 0 Å². The van der Waals surface area contributed by atoms with E-state index < -0.39 is 0 Å². The summed E-state index contributed by atoms with van der Waals surface area (Å²) in [7, 11) is 0. The minimum absolute atomic E-state index is 0. The second kappa shape index (κ2) is 17.1. The molecule has 0 unspecified atom stereocenters. The quantitative estimate of drug-likeness (QED) is 0.134. The third-order valence-corrected chi connectivity index (χ3v) is 8.94. The first-order valence-electron chi connectivity index (χ1n) is 16.6. The topological polar surface area (TPSA) is 0 Å². The molecule has 0 aliphatic carbocycles. The Morgan fingerprint density at radius 2 is 0.959 bits per heavy atom. The van der Waals surface area contributed by atoms with Gasteiger partial charge in [-0.05, 0) is 51.2 Å². The van der Waals surface area contributed by atoms with Crippen molar-refractivity contribution in [3.8, 4) is 22.3 Å². The first-order valence-corrected chi connectivity index (χ1v) is 22.8. The van der Waals surface area contributed by atoms with E-state index in [-0.39, 0.29) is 30.2 Å². The number of hydrogen-bond donors (Lipinski definition) is 0. The van der Waals surface area contributed by atoms with Crippen molar-refractivity contribution in [1.29, 1.82) is 0 Å². The van der Waals surface area contributed by atoms with Crippen LogP contribution in [0.25, 0.3) is 65.3 Å². The molecule has 0 nitrogen and oxygen atoms in total. The Kier molecular flexibility index (Phi) is 13.5. The molecule has 0 saturated heterocycles. The van der Waals surface area contributed by atoms with Gasteiger partial charge in [-0.1, -0.05) is 124 Å². The molecule has 0 aromatic heterocycles. The average Bonchev–Trinajstić information content (AvgIpc) is 3.70. The molecule has 8 rings (SSSR count). The fourth-order valence-electron chi connectivity index (χ4n) is 6.52. The summed E-state index contributed by atoms with van der Waals surface area (Å²) in [5.74, 6) is 0. The van der Waals surface area contributed by atoms with Gasteiger partial charge in [0.05, 0.1) is 0 Å². The average molecular weight is 773 g/mol. The van der Waals surface area contributed by atoms with Crippen molar-refractivity contribution in [1.82, 2.24) is 0 Å². The van der Waals surface area contributed by atoms with E-state index in [1.165, 1.54) is 87.6 Å². The number of fused-ring (bicyclic) bond motifs is 4. The van der Waals surface area contributed by atoms with Gasteiger partial charge in [0.15, 0.2) is 0 Å². The van der Waals surface area contributed by atoms with Crippen LogP contribution < -0.4 is 24.8 Å². The molecule has 8 aromatic carbocycles. The minimum atomic E-state index is 0. The molecule has 0 amide bonds. The standard InChI is InChI=1S/C22H19.C21H17.C2H6Si.2ClH.Zr/c1-3-16-12-21-15(2)8-11-20(22(21)13-16)19-10-9-17-6-4-5-7-18(17)14-19;1-14-11-20-15(2)7-10-19(21(20)12-14)18-9-8-16-5-3-4-6-17(16)13-18;1-3-2;;;/h4-14H,3H2,1-2H3;3-13H,1-2H3;1-2H3;2*1H;/q2*-1;;;;+2/p-2. The second-order valence-electron chi connectivity index (χ2n) is 12.9. The predicted molar refractivity (Wildman–Crippen MR) is 206 cm³/mol. The van der Waals surface area contributed by atoms with Gasteiger partial charge >= 0.3 is 41.9 Å². The first-order chi connectivity index (χ1) is 22.7. The van der Waals surface area contributed by atoms with Crippen molar-refractivity contribution in [3.05, 3.63) is 156 Å². The minimum Gasteiger partial charge on any atom is -1.00 e. The molecule has 0 heterocycles. The maximum Gasteiger partial charge on any atom is -0.0178 e. The number of rotatable bonds is 3. The monoisotopic (exact) mass is 770 g/mol. The van der Waals surface area contributed by atoms with Crippen molar-refractivity contribution < 1.29 is 48.1 Å². The summed E-state index contributed by atoms with van der Waals surface area (Å²) >= 11 is 1.74. The zero-order valence-corrected chi connectivity index (χ0v) is 34.1. The summed E-state index contributed by atoms with van der Waals surface area (Å²) in [5, 5.41) is 10.7. The van der Waals surface area contributed by atoms with Crippen molar-refractivity contribution in [2.45, 2.75) is 47.2 Å². The number of aryl methyl sites for hydroxylation is 4. The molecular formula is C45H42Cl2SiZr-2. The first kappa shape index (κ1) is 38.5. The van der Waals surface area contributed by atoms with Crippen molar-refractivity contribution in [2.24, 2.45) is 0 Å². The van der Waals surface area contributed by atoms with Gasteiger partial charge in [0.2, 0.25) is 0 Å². The zero-order valence-electron chi connectivity index (χ0n) is 29.2. The maximum absolute atomic E-state index is 2.35. The Labute approximate surface area is 319 Å². The number of benzene rings is 6. The van der Waals surface area contributed by atoms with E-state index in [0.29, 0.717) is 0 Å². The van der Waals surface area contributed by atoms with E-state index >= 15 is 0 Å². The molecule has 0 aliphatic rings. The number of hydrogen-bond acceptors (Lipinski definition) is 0. The van der Waals surface area contributed by atoms with E-state index in [1.807, 2.05) is 0 Å². The summed E-state index contributed by atoms with van der Waals surface area (Å²) in [6.45, 7) is 13.4. The van der Waals surface area contributed by atoms with Crippen LogP contribution in [0.3, 0.4) is 0 Å². The van der Waals surface area contributed by atoms with Crippen molar-refractivity contribution >= 4 is 48.5 Å². The van der Waals surface area contributed by atoms with E-state index in [1.54, 1.807) is 23.3 Å². The van der Waals surface area contributed by atoms with Gasteiger partial charge in [0.1, 0.15) is 0 Å². The smallest absolute Gasteiger partial charge is 0.0178 e.